The van der Waals surface area contributed by atoms with Gasteiger partial charge in [-0.3, -0.25) is 14.6 Å². The first kappa shape index (κ1) is 24.7. The number of carbonyl (C=O) groups excluding carboxylic acids is 2. The molecule has 2 aliphatic rings. The van der Waals surface area contributed by atoms with Gasteiger partial charge in [0.2, 0.25) is 0 Å². The highest BCUT2D eigenvalue weighted by atomic mass is 16.5. The van der Waals surface area contributed by atoms with Gasteiger partial charge in [0, 0.05) is 35.7 Å². The van der Waals surface area contributed by atoms with Gasteiger partial charge in [0.15, 0.2) is 17.3 Å². The topological polar surface area (TPSA) is 74.2 Å². The van der Waals surface area contributed by atoms with Crippen LogP contribution in [0.15, 0.2) is 64.8 Å². The Morgan fingerprint density at radius 2 is 1.74 bits per heavy atom. The predicted molar refractivity (Wildman–Crippen MR) is 135 cm³/mol. The summed E-state index contributed by atoms with van der Waals surface area (Å²) in [4.78, 5) is 31.7. The molecule has 1 heterocycles. The van der Waals surface area contributed by atoms with Crippen LogP contribution >= 0.6 is 0 Å². The zero-order valence-corrected chi connectivity index (χ0v) is 21.1. The van der Waals surface area contributed by atoms with E-state index in [9.17, 15) is 9.59 Å². The number of benzene rings is 2. The van der Waals surface area contributed by atoms with Crippen molar-refractivity contribution in [1.29, 1.82) is 0 Å². The Hall–Kier alpha value is -3.41. The lowest BCUT2D eigenvalue weighted by atomic mass is 9.67. The molecule has 0 saturated carbocycles. The number of methoxy groups -OCH3 is 2. The fourth-order valence-electron chi connectivity index (χ4n) is 5.16. The van der Waals surface area contributed by atoms with Crippen LogP contribution in [-0.2, 0) is 20.7 Å². The predicted octanol–water partition coefficient (Wildman–Crippen LogP) is 5.31. The van der Waals surface area contributed by atoms with E-state index in [1.54, 1.807) is 14.2 Å². The molecule has 0 bridgehead atoms. The second-order valence-corrected chi connectivity index (χ2v) is 10.0. The summed E-state index contributed by atoms with van der Waals surface area (Å²) in [5.41, 5.74) is 3.79. The van der Waals surface area contributed by atoms with E-state index in [0.717, 1.165) is 16.8 Å². The van der Waals surface area contributed by atoms with Crippen molar-refractivity contribution in [3.63, 3.8) is 0 Å². The highest BCUT2D eigenvalue weighted by Gasteiger charge is 2.46. The Morgan fingerprint density at radius 1 is 1.03 bits per heavy atom. The molecule has 6 nitrogen and oxygen atoms in total. The van der Waals surface area contributed by atoms with Gasteiger partial charge >= 0.3 is 5.97 Å². The van der Waals surface area contributed by atoms with Crippen LogP contribution in [0.25, 0.3) is 0 Å². The van der Waals surface area contributed by atoms with Gasteiger partial charge in [-0.2, -0.15) is 0 Å². The van der Waals surface area contributed by atoms with E-state index in [1.165, 1.54) is 0 Å². The number of ether oxygens (including phenoxy) is 3. The number of allylic oxidation sites excluding steroid dienone is 2. The van der Waals surface area contributed by atoms with Crippen LogP contribution in [0.3, 0.4) is 0 Å². The summed E-state index contributed by atoms with van der Waals surface area (Å²) in [7, 11) is 3.15. The van der Waals surface area contributed by atoms with Gasteiger partial charge in [0.25, 0.3) is 0 Å². The number of rotatable bonds is 7. The highest BCUT2D eigenvalue weighted by Crippen LogP contribution is 2.48. The molecule has 1 aliphatic heterocycles. The lowest BCUT2D eigenvalue weighted by molar-refractivity contribution is -0.146. The summed E-state index contributed by atoms with van der Waals surface area (Å²) in [6, 6.07) is 15.5. The van der Waals surface area contributed by atoms with E-state index in [2.05, 4.69) is 13.8 Å². The molecular weight excluding hydrogens is 442 g/mol. The molecular formula is C29H33NO5. The van der Waals surface area contributed by atoms with Crippen molar-refractivity contribution in [3.8, 4) is 11.5 Å². The standard InChI is InChI=1S/C29H33NO5/c1-18-25(28(32)35-14-13-19-9-7-6-8-10-19)26(20-11-12-23(33-4)24(15-20)34-5)27-21(30-18)16-29(2,3)17-22(27)31/h6-12,15,25-26H,13-14,16-17H2,1-5H3/t25?,26-/m1/s1. The maximum absolute atomic E-state index is 13.5. The Balaban J connectivity index is 1.71. The van der Waals surface area contributed by atoms with Gasteiger partial charge in [0.1, 0.15) is 5.92 Å². The summed E-state index contributed by atoms with van der Waals surface area (Å²) < 4.78 is 16.7. The molecule has 35 heavy (non-hydrogen) atoms. The average Bonchev–Trinajstić information content (AvgIpc) is 2.82. The molecule has 0 saturated heterocycles. The summed E-state index contributed by atoms with van der Waals surface area (Å²) in [5.74, 6) is -0.375. The van der Waals surface area contributed by atoms with Gasteiger partial charge in [0.05, 0.1) is 20.8 Å². The average molecular weight is 476 g/mol. The molecule has 0 N–H and O–H groups in total. The second-order valence-electron chi connectivity index (χ2n) is 10.0. The smallest absolute Gasteiger partial charge is 0.315 e. The fraction of sp³-hybridized carbons (Fsp3) is 0.414. The van der Waals surface area contributed by atoms with Crippen LogP contribution in [0.2, 0.25) is 0 Å². The maximum atomic E-state index is 13.5. The van der Waals surface area contributed by atoms with Crippen LogP contribution in [0.4, 0.5) is 0 Å². The molecule has 4 rings (SSSR count). The number of esters is 1. The van der Waals surface area contributed by atoms with E-state index in [1.807, 2.05) is 55.5 Å². The Bertz CT molecular complexity index is 1180. The van der Waals surface area contributed by atoms with E-state index in [0.29, 0.717) is 42.0 Å². The minimum absolute atomic E-state index is 0.0365. The van der Waals surface area contributed by atoms with E-state index >= 15 is 0 Å². The largest absolute Gasteiger partial charge is 0.493 e. The number of hydrogen-bond acceptors (Lipinski definition) is 6. The number of aliphatic imine (C=N–C) groups is 1. The van der Waals surface area contributed by atoms with Crippen LogP contribution in [0.1, 0.15) is 50.7 Å². The summed E-state index contributed by atoms with van der Waals surface area (Å²) in [6.07, 6.45) is 1.72. The van der Waals surface area contributed by atoms with Gasteiger partial charge in [-0.05, 0) is 42.0 Å². The quantitative estimate of drug-likeness (QED) is 0.508. The number of ketones is 1. The first-order valence-corrected chi connectivity index (χ1v) is 12.0. The molecule has 0 aromatic heterocycles. The van der Waals surface area contributed by atoms with Crippen LogP contribution in [0.5, 0.6) is 11.5 Å². The van der Waals surface area contributed by atoms with Gasteiger partial charge in [-0.15, -0.1) is 0 Å². The summed E-state index contributed by atoms with van der Waals surface area (Å²) >= 11 is 0. The molecule has 1 unspecified atom stereocenters. The van der Waals surface area contributed by atoms with Crippen LogP contribution in [-0.4, -0.2) is 38.3 Å². The molecule has 1 aliphatic carbocycles. The molecule has 0 fully saturated rings. The number of carbonyl (C=O) groups is 2. The van der Waals surface area contributed by atoms with Crippen LogP contribution < -0.4 is 9.47 Å². The molecule has 2 aromatic carbocycles. The lowest BCUT2D eigenvalue weighted by Gasteiger charge is -2.39. The first-order valence-electron chi connectivity index (χ1n) is 12.0. The van der Waals surface area contributed by atoms with Gasteiger partial charge in [-0.1, -0.05) is 50.2 Å². The van der Waals surface area contributed by atoms with Crippen molar-refractivity contribution in [1.82, 2.24) is 0 Å². The van der Waals surface area contributed by atoms with Crippen molar-refractivity contribution in [2.45, 2.75) is 46.0 Å². The van der Waals surface area contributed by atoms with E-state index < -0.39 is 11.8 Å². The molecule has 0 amide bonds. The molecule has 6 heteroatoms. The van der Waals surface area contributed by atoms with Crippen LogP contribution in [0, 0.1) is 11.3 Å². The first-order chi connectivity index (χ1) is 16.7. The van der Waals surface area contributed by atoms with Gasteiger partial charge in [-0.25, -0.2) is 0 Å². The monoisotopic (exact) mass is 475 g/mol. The third kappa shape index (κ3) is 5.16. The Morgan fingerprint density at radius 3 is 2.43 bits per heavy atom. The second kappa shape index (κ2) is 10.1. The molecule has 0 radical (unpaired) electrons. The van der Waals surface area contributed by atoms with Crippen molar-refractivity contribution < 1.29 is 23.8 Å². The highest BCUT2D eigenvalue weighted by molar-refractivity contribution is 6.09. The molecule has 2 aromatic rings. The zero-order chi connectivity index (χ0) is 25.2. The summed E-state index contributed by atoms with van der Waals surface area (Å²) in [6.45, 7) is 6.27. The minimum atomic E-state index is -0.687. The van der Waals surface area contributed by atoms with Crippen molar-refractivity contribution >= 4 is 17.5 Å². The SMILES string of the molecule is COc1ccc([C@H]2C3=C(CC(C)(C)CC3=O)N=C(C)C2C(=O)OCCc2ccccc2)cc1OC. The van der Waals surface area contributed by atoms with Gasteiger partial charge < -0.3 is 14.2 Å². The third-order valence-corrected chi connectivity index (χ3v) is 6.80. The van der Waals surface area contributed by atoms with Crippen molar-refractivity contribution in [2.24, 2.45) is 16.3 Å². The molecule has 0 spiro atoms. The minimum Gasteiger partial charge on any atom is -0.493 e. The fourth-order valence-corrected chi connectivity index (χ4v) is 5.16. The number of nitrogens with zero attached hydrogens (tertiary/aromatic N) is 1. The zero-order valence-electron chi connectivity index (χ0n) is 21.1. The summed E-state index contributed by atoms with van der Waals surface area (Å²) in [5, 5.41) is 0. The number of hydrogen-bond donors (Lipinski definition) is 0. The molecule has 184 valence electrons. The van der Waals surface area contributed by atoms with Crippen molar-refractivity contribution in [2.75, 3.05) is 20.8 Å². The Labute approximate surface area is 207 Å². The maximum Gasteiger partial charge on any atom is 0.315 e. The number of Topliss-reactive ketones (excluding diaryl/α,β-unsaturated/α-hetero) is 1. The third-order valence-electron chi connectivity index (χ3n) is 6.80. The Kier molecular flexibility index (Phi) is 7.10. The van der Waals surface area contributed by atoms with E-state index in [4.69, 9.17) is 19.2 Å². The molecule has 2 atom stereocenters. The lowest BCUT2D eigenvalue weighted by Crippen LogP contribution is -2.39. The van der Waals surface area contributed by atoms with Crippen molar-refractivity contribution in [3.05, 3.63) is 70.9 Å². The van der Waals surface area contributed by atoms with E-state index in [-0.39, 0.29) is 23.8 Å². The normalized spacial score (nSPS) is 21.2.